The lowest BCUT2D eigenvalue weighted by atomic mass is 10.0. The number of nitrogens with one attached hydrogen (secondary N) is 1. The van der Waals surface area contributed by atoms with Crippen molar-refractivity contribution in [2.24, 2.45) is 0 Å². The van der Waals surface area contributed by atoms with E-state index in [4.69, 9.17) is 0 Å². The van der Waals surface area contributed by atoms with Crippen LogP contribution in [0.2, 0.25) is 0 Å². The summed E-state index contributed by atoms with van der Waals surface area (Å²) >= 11 is 2.85. The van der Waals surface area contributed by atoms with E-state index in [0.29, 0.717) is 5.75 Å². The zero-order valence-electron chi connectivity index (χ0n) is 12.0. The highest BCUT2D eigenvalue weighted by Crippen LogP contribution is 2.21. The van der Waals surface area contributed by atoms with Crippen molar-refractivity contribution in [3.63, 3.8) is 0 Å². The fraction of sp³-hybridized carbons (Fsp3) is 0.188. The molecule has 1 atom stereocenters. The first-order valence-electron chi connectivity index (χ1n) is 6.89. The van der Waals surface area contributed by atoms with Crippen LogP contribution >= 0.6 is 23.1 Å². The zero-order valence-corrected chi connectivity index (χ0v) is 13.7. The molecule has 1 aromatic heterocycles. The first-order chi connectivity index (χ1) is 10.7. The molecule has 0 aliphatic heterocycles. The average Bonchev–Trinajstić information content (AvgIpc) is 3.06. The van der Waals surface area contributed by atoms with Crippen molar-refractivity contribution in [1.29, 1.82) is 0 Å². The maximum atomic E-state index is 12.0. The molecule has 112 valence electrons. The molecular formula is C16H15N3OS2. The lowest BCUT2D eigenvalue weighted by Crippen LogP contribution is -2.28. The SMILES string of the molecule is C[C@H](NC(=O)CSc1nncs1)c1ccc2ccccc2c1. The molecule has 1 heterocycles. The van der Waals surface area contributed by atoms with Crippen molar-refractivity contribution >= 4 is 39.8 Å². The van der Waals surface area contributed by atoms with Crippen LogP contribution in [-0.4, -0.2) is 21.9 Å². The average molecular weight is 329 g/mol. The summed E-state index contributed by atoms with van der Waals surface area (Å²) in [4.78, 5) is 12.0. The lowest BCUT2D eigenvalue weighted by molar-refractivity contribution is -0.119. The molecule has 0 saturated carbocycles. The summed E-state index contributed by atoms with van der Waals surface area (Å²) in [7, 11) is 0. The second kappa shape index (κ2) is 6.89. The van der Waals surface area contributed by atoms with E-state index in [9.17, 15) is 4.79 Å². The van der Waals surface area contributed by atoms with Crippen LogP contribution in [0.25, 0.3) is 10.8 Å². The molecule has 1 N–H and O–H groups in total. The summed E-state index contributed by atoms with van der Waals surface area (Å²) in [6.45, 7) is 2.00. The monoisotopic (exact) mass is 329 g/mol. The lowest BCUT2D eigenvalue weighted by Gasteiger charge is -2.14. The second-order valence-corrected chi connectivity index (χ2v) is 6.94. The van der Waals surface area contributed by atoms with Crippen LogP contribution in [-0.2, 0) is 4.79 Å². The van der Waals surface area contributed by atoms with Gasteiger partial charge in [-0.05, 0) is 29.3 Å². The Morgan fingerprint density at radius 1 is 1.27 bits per heavy atom. The third kappa shape index (κ3) is 3.64. The molecule has 0 radical (unpaired) electrons. The molecule has 22 heavy (non-hydrogen) atoms. The number of aromatic nitrogens is 2. The number of benzene rings is 2. The molecule has 0 unspecified atom stereocenters. The van der Waals surface area contributed by atoms with E-state index >= 15 is 0 Å². The highest BCUT2D eigenvalue weighted by atomic mass is 32.2. The van der Waals surface area contributed by atoms with Gasteiger partial charge in [0.2, 0.25) is 5.91 Å². The van der Waals surface area contributed by atoms with Gasteiger partial charge in [0.25, 0.3) is 0 Å². The van der Waals surface area contributed by atoms with Crippen LogP contribution < -0.4 is 5.32 Å². The van der Waals surface area contributed by atoms with Crippen molar-refractivity contribution in [1.82, 2.24) is 15.5 Å². The van der Waals surface area contributed by atoms with Crippen molar-refractivity contribution in [3.05, 3.63) is 53.5 Å². The summed E-state index contributed by atoms with van der Waals surface area (Å²) < 4.78 is 0.813. The molecule has 1 amide bonds. The smallest absolute Gasteiger partial charge is 0.230 e. The minimum absolute atomic E-state index is 0.000795. The molecule has 0 aliphatic rings. The highest BCUT2D eigenvalue weighted by molar-refractivity contribution is 8.01. The first kappa shape index (κ1) is 15.0. The molecule has 3 rings (SSSR count). The molecule has 0 aliphatic carbocycles. The summed E-state index contributed by atoms with van der Waals surface area (Å²) in [5.74, 6) is 0.355. The molecule has 0 saturated heterocycles. The third-order valence-corrected chi connectivity index (χ3v) is 5.18. The van der Waals surface area contributed by atoms with Crippen LogP contribution in [0, 0.1) is 0 Å². The van der Waals surface area contributed by atoms with Gasteiger partial charge in [0.1, 0.15) is 5.51 Å². The second-order valence-electron chi connectivity index (χ2n) is 4.89. The maximum absolute atomic E-state index is 12.0. The Labute approximate surface area is 137 Å². The molecule has 0 spiro atoms. The van der Waals surface area contributed by atoms with Crippen LogP contribution in [0.5, 0.6) is 0 Å². The Morgan fingerprint density at radius 2 is 2.09 bits per heavy atom. The summed E-state index contributed by atoms with van der Waals surface area (Å²) in [5, 5.41) is 13.1. The quantitative estimate of drug-likeness (QED) is 0.726. The molecule has 4 nitrogen and oxygen atoms in total. The highest BCUT2D eigenvalue weighted by Gasteiger charge is 2.11. The topological polar surface area (TPSA) is 54.9 Å². The summed E-state index contributed by atoms with van der Waals surface area (Å²) in [6, 6.07) is 14.5. The minimum atomic E-state index is -0.0212. The number of hydrogen-bond acceptors (Lipinski definition) is 5. The number of carbonyl (C=O) groups is 1. The van der Waals surface area contributed by atoms with Crippen LogP contribution in [0.3, 0.4) is 0 Å². The largest absolute Gasteiger partial charge is 0.349 e. The van der Waals surface area contributed by atoms with Crippen molar-refractivity contribution < 1.29 is 4.79 Å². The normalized spacial score (nSPS) is 12.2. The van der Waals surface area contributed by atoms with Crippen molar-refractivity contribution in [2.45, 2.75) is 17.3 Å². The molecule has 3 aromatic rings. The van der Waals surface area contributed by atoms with Gasteiger partial charge in [0.15, 0.2) is 4.34 Å². The molecule has 6 heteroatoms. The van der Waals surface area contributed by atoms with E-state index < -0.39 is 0 Å². The van der Waals surface area contributed by atoms with E-state index in [0.717, 1.165) is 9.90 Å². The van der Waals surface area contributed by atoms with E-state index in [1.165, 1.54) is 33.9 Å². The van der Waals surface area contributed by atoms with Gasteiger partial charge in [-0.3, -0.25) is 4.79 Å². The molecular weight excluding hydrogens is 314 g/mol. The Balaban J connectivity index is 1.62. The number of thioether (sulfide) groups is 1. The van der Waals surface area contributed by atoms with Gasteiger partial charge in [-0.15, -0.1) is 10.2 Å². The first-order valence-corrected chi connectivity index (χ1v) is 8.76. The van der Waals surface area contributed by atoms with Gasteiger partial charge in [0.05, 0.1) is 11.8 Å². The predicted molar refractivity (Wildman–Crippen MR) is 91.1 cm³/mol. The maximum Gasteiger partial charge on any atom is 0.230 e. The van der Waals surface area contributed by atoms with E-state index in [1.54, 1.807) is 5.51 Å². The Hall–Kier alpha value is -1.92. The van der Waals surface area contributed by atoms with Crippen LogP contribution in [0.4, 0.5) is 0 Å². The van der Waals surface area contributed by atoms with E-state index in [2.05, 4.69) is 45.8 Å². The number of rotatable bonds is 5. The summed E-state index contributed by atoms with van der Waals surface area (Å²) in [6.07, 6.45) is 0. The fourth-order valence-corrected chi connectivity index (χ4v) is 3.50. The summed E-state index contributed by atoms with van der Waals surface area (Å²) in [5.41, 5.74) is 2.77. The Kier molecular flexibility index (Phi) is 4.70. The van der Waals surface area contributed by atoms with Gasteiger partial charge >= 0.3 is 0 Å². The molecule has 0 bridgehead atoms. The standard InChI is InChI=1S/C16H15N3OS2/c1-11(18-15(20)9-21-16-19-17-10-22-16)13-7-6-12-4-2-3-5-14(12)8-13/h2-8,10-11H,9H2,1H3,(H,18,20)/t11-/m0/s1. The Morgan fingerprint density at radius 3 is 2.86 bits per heavy atom. The number of nitrogens with zero attached hydrogens (tertiary/aromatic N) is 2. The number of hydrogen-bond donors (Lipinski definition) is 1. The van der Waals surface area contributed by atoms with E-state index in [-0.39, 0.29) is 11.9 Å². The third-order valence-electron chi connectivity index (χ3n) is 3.32. The Bertz CT molecular complexity index is 774. The predicted octanol–water partition coefficient (Wildman–Crippen LogP) is 3.66. The van der Waals surface area contributed by atoms with Crippen molar-refractivity contribution in [2.75, 3.05) is 5.75 Å². The van der Waals surface area contributed by atoms with Crippen molar-refractivity contribution in [3.8, 4) is 0 Å². The number of amides is 1. The van der Waals surface area contributed by atoms with Gasteiger partial charge in [-0.1, -0.05) is 59.5 Å². The van der Waals surface area contributed by atoms with Crippen LogP contribution in [0.15, 0.2) is 52.3 Å². The van der Waals surface area contributed by atoms with Crippen LogP contribution in [0.1, 0.15) is 18.5 Å². The van der Waals surface area contributed by atoms with Gasteiger partial charge in [-0.25, -0.2) is 0 Å². The molecule has 0 fully saturated rings. The van der Waals surface area contributed by atoms with Gasteiger partial charge in [0, 0.05) is 0 Å². The van der Waals surface area contributed by atoms with Gasteiger partial charge in [-0.2, -0.15) is 0 Å². The number of fused-ring (bicyclic) bond motifs is 1. The number of carbonyl (C=O) groups excluding carboxylic acids is 1. The van der Waals surface area contributed by atoms with E-state index in [1.807, 2.05) is 19.1 Å². The fourth-order valence-electron chi connectivity index (χ4n) is 2.20. The zero-order chi connectivity index (χ0) is 15.4. The minimum Gasteiger partial charge on any atom is -0.349 e. The van der Waals surface area contributed by atoms with Gasteiger partial charge < -0.3 is 5.32 Å². The molecule has 2 aromatic carbocycles.